The van der Waals surface area contributed by atoms with E-state index in [0.29, 0.717) is 10.7 Å². The molecule has 0 unspecified atom stereocenters. The molecule has 2 aromatic rings. The van der Waals surface area contributed by atoms with Crippen molar-refractivity contribution in [1.82, 2.24) is 0 Å². The standard InChI is InChI=1S/C15H17ClN2O2S/c1-9-5-4-6-12(16)15(9)18-21(19,20)14-8-11(3)10(2)7-13(14)17/h4-8,18H,17H2,1-3H3. The largest absolute Gasteiger partial charge is 0.398 e. The van der Waals surface area contributed by atoms with Gasteiger partial charge in [0.15, 0.2) is 0 Å². The van der Waals surface area contributed by atoms with E-state index in [1.54, 1.807) is 37.3 Å². The Morgan fingerprint density at radius 1 is 1.05 bits per heavy atom. The second-order valence-corrected chi connectivity index (χ2v) is 7.07. The minimum atomic E-state index is -3.79. The van der Waals surface area contributed by atoms with Gasteiger partial charge in [-0.1, -0.05) is 23.7 Å². The molecule has 21 heavy (non-hydrogen) atoms. The van der Waals surface area contributed by atoms with Gasteiger partial charge in [-0.2, -0.15) is 0 Å². The van der Waals surface area contributed by atoms with E-state index in [4.69, 9.17) is 17.3 Å². The number of halogens is 1. The molecule has 0 fully saturated rings. The topological polar surface area (TPSA) is 72.2 Å². The molecule has 112 valence electrons. The molecule has 6 heteroatoms. The maximum atomic E-state index is 12.5. The number of anilines is 2. The van der Waals surface area contributed by atoms with Crippen LogP contribution in [0.1, 0.15) is 16.7 Å². The van der Waals surface area contributed by atoms with Crippen LogP contribution in [0.2, 0.25) is 5.02 Å². The molecule has 2 rings (SSSR count). The van der Waals surface area contributed by atoms with Crippen LogP contribution < -0.4 is 10.5 Å². The second-order valence-electron chi connectivity index (χ2n) is 5.01. The maximum Gasteiger partial charge on any atom is 0.264 e. The number of nitrogens with one attached hydrogen (secondary N) is 1. The molecular formula is C15H17ClN2O2S. The number of hydrogen-bond donors (Lipinski definition) is 2. The summed E-state index contributed by atoms with van der Waals surface area (Å²) < 4.78 is 27.6. The smallest absolute Gasteiger partial charge is 0.264 e. The number of nitrogen functional groups attached to an aromatic ring is 1. The summed E-state index contributed by atoms with van der Waals surface area (Å²) in [5, 5.41) is 0.348. The molecular weight excluding hydrogens is 308 g/mol. The third-order valence-electron chi connectivity index (χ3n) is 3.37. The van der Waals surface area contributed by atoms with Gasteiger partial charge in [0, 0.05) is 0 Å². The molecule has 0 bridgehead atoms. The molecule has 3 N–H and O–H groups in total. The molecule has 0 spiro atoms. The van der Waals surface area contributed by atoms with Crippen LogP contribution in [0.3, 0.4) is 0 Å². The summed E-state index contributed by atoms with van der Waals surface area (Å²) in [6.07, 6.45) is 0. The normalized spacial score (nSPS) is 11.4. The van der Waals surface area contributed by atoms with Gasteiger partial charge in [0.25, 0.3) is 10.0 Å². The van der Waals surface area contributed by atoms with Crippen molar-refractivity contribution in [2.24, 2.45) is 0 Å². The van der Waals surface area contributed by atoms with E-state index in [0.717, 1.165) is 16.7 Å². The molecule has 0 saturated heterocycles. The summed E-state index contributed by atoms with van der Waals surface area (Å²) in [5.41, 5.74) is 8.99. The quantitative estimate of drug-likeness (QED) is 0.846. The van der Waals surface area contributed by atoms with Crippen molar-refractivity contribution in [3.05, 3.63) is 52.0 Å². The van der Waals surface area contributed by atoms with E-state index in [2.05, 4.69) is 4.72 Å². The average molecular weight is 325 g/mol. The van der Waals surface area contributed by atoms with Gasteiger partial charge in [0.1, 0.15) is 4.90 Å². The minimum Gasteiger partial charge on any atom is -0.398 e. The number of rotatable bonds is 3. The zero-order valence-electron chi connectivity index (χ0n) is 12.1. The lowest BCUT2D eigenvalue weighted by Gasteiger charge is -2.14. The van der Waals surface area contributed by atoms with Gasteiger partial charge in [-0.15, -0.1) is 0 Å². The Hall–Kier alpha value is -1.72. The van der Waals surface area contributed by atoms with Crippen LogP contribution in [0.5, 0.6) is 0 Å². The molecule has 4 nitrogen and oxygen atoms in total. The highest BCUT2D eigenvalue weighted by molar-refractivity contribution is 7.93. The number of hydrogen-bond acceptors (Lipinski definition) is 3. The van der Waals surface area contributed by atoms with E-state index in [9.17, 15) is 8.42 Å². The van der Waals surface area contributed by atoms with Crippen molar-refractivity contribution in [2.45, 2.75) is 25.7 Å². The molecule has 0 aliphatic heterocycles. The third-order valence-corrected chi connectivity index (χ3v) is 5.09. The van der Waals surface area contributed by atoms with E-state index in [1.165, 1.54) is 0 Å². The van der Waals surface area contributed by atoms with Crippen molar-refractivity contribution >= 4 is 33.0 Å². The average Bonchev–Trinajstić information content (AvgIpc) is 2.38. The van der Waals surface area contributed by atoms with E-state index < -0.39 is 10.0 Å². The van der Waals surface area contributed by atoms with Gasteiger partial charge in [-0.05, 0) is 55.7 Å². The Morgan fingerprint density at radius 2 is 1.67 bits per heavy atom. The van der Waals surface area contributed by atoms with Crippen molar-refractivity contribution < 1.29 is 8.42 Å². The summed E-state index contributed by atoms with van der Waals surface area (Å²) in [7, 11) is -3.79. The SMILES string of the molecule is Cc1cc(N)c(S(=O)(=O)Nc2c(C)cccc2Cl)cc1C. The lowest BCUT2D eigenvalue weighted by molar-refractivity contribution is 0.601. The zero-order chi connectivity index (χ0) is 15.8. The monoisotopic (exact) mass is 324 g/mol. The lowest BCUT2D eigenvalue weighted by Crippen LogP contribution is -2.16. The summed E-state index contributed by atoms with van der Waals surface area (Å²) in [4.78, 5) is 0.0601. The van der Waals surface area contributed by atoms with Crippen molar-refractivity contribution in [1.29, 1.82) is 0 Å². The first-order valence-corrected chi connectivity index (χ1v) is 8.23. The predicted octanol–water partition coefficient (Wildman–Crippen LogP) is 3.65. The lowest BCUT2D eigenvalue weighted by atomic mass is 10.1. The number of sulfonamides is 1. The highest BCUT2D eigenvalue weighted by Crippen LogP contribution is 2.30. The van der Waals surface area contributed by atoms with Crippen LogP contribution in [0.4, 0.5) is 11.4 Å². The summed E-state index contributed by atoms with van der Waals surface area (Å²) in [6, 6.07) is 8.41. The van der Waals surface area contributed by atoms with Crippen molar-refractivity contribution in [3.8, 4) is 0 Å². The Morgan fingerprint density at radius 3 is 2.29 bits per heavy atom. The highest BCUT2D eigenvalue weighted by atomic mass is 35.5. The first-order chi connectivity index (χ1) is 9.72. The van der Waals surface area contributed by atoms with Crippen LogP contribution in [-0.4, -0.2) is 8.42 Å². The summed E-state index contributed by atoms with van der Waals surface area (Å²) >= 11 is 6.06. The van der Waals surface area contributed by atoms with Crippen LogP contribution in [0.15, 0.2) is 35.2 Å². The van der Waals surface area contributed by atoms with Crippen LogP contribution in [0, 0.1) is 20.8 Å². The number of aryl methyl sites for hydroxylation is 3. The fourth-order valence-electron chi connectivity index (χ4n) is 2.00. The molecule has 0 aromatic heterocycles. The molecule has 0 atom stereocenters. The van der Waals surface area contributed by atoms with E-state index in [1.807, 2.05) is 13.8 Å². The first kappa shape index (κ1) is 15.7. The fourth-order valence-corrected chi connectivity index (χ4v) is 3.67. The van der Waals surface area contributed by atoms with E-state index in [-0.39, 0.29) is 10.6 Å². The Labute approximate surface area is 130 Å². The Kier molecular flexibility index (Phi) is 4.16. The van der Waals surface area contributed by atoms with Gasteiger partial charge < -0.3 is 5.73 Å². The molecule has 2 aromatic carbocycles. The van der Waals surface area contributed by atoms with Crippen LogP contribution >= 0.6 is 11.6 Å². The molecule has 0 amide bonds. The van der Waals surface area contributed by atoms with Gasteiger partial charge in [-0.3, -0.25) is 4.72 Å². The van der Waals surface area contributed by atoms with Crippen molar-refractivity contribution in [3.63, 3.8) is 0 Å². The number of para-hydroxylation sites is 1. The van der Waals surface area contributed by atoms with Gasteiger partial charge in [-0.25, -0.2) is 8.42 Å². The number of nitrogens with two attached hydrogens (primary N) is 1. The summed E-state index contributed by atoms with van der Waals surface area (Å²) in [6.45, 7) is 5.51. The molecule has 0 radical (unpaired) electrons. The maximum absolute atomic E-state index is 12.5. The first-order valence-electron chi connectivity index (χ1n) is 6.37. The minimum absolute atomic E-state index is 0.0601. The third kappa shape index (κ3) is 3.14. The number of benzene rings is 2. The zero-order valence-corrected chi connectivity index (χ0v) is 13.6. The van der Waals surface area contributed by atoms with Crippen LogP contribution in [0.25, 0.3) is 0 Å². The second kappa shape index (κ2) is 5.58. The van der Waals surface area contributed by atoms with Crippen molar-refractivity contribution in [2.75, 3.05) is 10.5 Å². The van der Waals surface area contributed by atoms with Gasteiger partial charge in [0.05, 0.1) is 16.4 Å². The highest BCUT2D eigenvalue weighted by Gasteiger charge is 2.20. The molecule has 0 saturated carbocycles. The van der Waals surface area contributed by atoms with Gasteiger partial charge >= 0.3 is 0 Å². The predicted molar refractivity (Wildman–Crippen MR) is 87.3 cm³/mol. The summed E-state index contributed by atoms with van der Waals surface area (Å²) in [5.74, 6) is 0. The van der Waals surface area contributed by atoms with Crippen LogP contribution in [-0.2, 0) is 10.0 Å². The fraction of sp³-hybridized carbons (Fsp3) is 0.200. The molecule has 0 aliphatic rings. The molecule has 0 aliphatic carbocycles. The Balaban J connectivity index is 2.51. The Bertz CT molecular complexity index is 781. The van der Waals surface area contributed by atoms with Gasteiger partial charge in [0.2, 0.25) is 0 Å². The van der Waals surface area contributed by atoms with E-state index >= 15 is 0 Å². The molecule has 0 heterocycles.